The molecule has 5 rings (SSSR count). The predicted octanol–water partition coefficient (Wildman–Crippen LogP) is 5.24. The summed E-state index contributed by atoms with van der Waals surface area (Å²) in [4.78, 5) is 18.5. The molecule has 4 aromatic rings. The second kappa shape index (κ2) is 9.28. The molecular formula is C28H30N4O4. The minimum Gasteiger partial charge on any atom is -0.479 e. The van der Waals surface area contributed by atoms with E-state index >= 15 is 0 Å². The van der Waals surface area contributed by atoms with Crippen molar-refractivity contribution in [1.82, 2.24) is 14.6 Å². The summed E-state index contributed by atoms with van der Waals surface area (Å²) in [5.41, 5.74) is 3.09. The number of aromatic nitrogens is 3. The zero-order valence-electron chi connectivity index (χ0n) is 20.7. The van der Waals surface area contributed by atoms with Crippen molar-refractivity contribution in [2.24, 2.45) is 5.41 Å². The van der Waals surface area contributed by atoms with Crippen LogP contribution in [0.15, 0.2) is 60.7 Å². The largest absolute Gasteiger partial charge is 0.479 e. The Morgan fingerprint density at radius 1 is 1.03 bits per heavy atom. The monoisotopic (exact) mass is 486 g/mol. The lowest BCUT2D eigenvalue weighted by Gasteiger charge is -2.39. The predicted molar refractivity (Wildman–Crippen MR) is 137 cm³/mol. The van der Waals surface area contributed by atoms with Gasteiger partial charge in [-0.05, 0) is 49.4 Å². The fraction of sp³-hybridized carbons (Fsp3) is 0.321. The summed E-state index contributed by atoms with van der Waals surface area (Å²) in [6.07, 6.45) is 0.207. The van der Waals surface area contributed by atoms with Crippen molar-refractivity contribution in [2.75, 3.05) is 18.0 Å². The van der Waals surface area contributed by atoms with Crippen molar-refractivity contribution in [2.45, 2.75) is 39.7 Å². The van der Waals surface area contributed by atoms with Crippen molar-refractivity contribution < 1.29 is 19.7 Å². The minimum absolute atomic E-state index is 0.206. The summed E-state index contributed by atoms with van der Waals surface area (Å²) in [5, 5.41) is 25.1. The van der Waals surface area contributed by atoms with Gasteiger partial charge in [-0.3, -0.25) is 0 Å². The van der Waals surface area contributed by atoms with Gasteiger partial charge in [-0.2, -0.15) is 9.61 Å². The Morgan fingerprint density at radius 3 is 2.42 bits per heavy atom. The number of aryl methyl sites for hydroxylation is 1. The number of hydrogen-bond donors (Lipinski definition) is 2. The van der Waals surface area contributed by atoms with E-state index in [9.17, 15) is 15.0 Å². The maximum Gasteiger partial charge on any atom is 0.337 e. The number of ether oxygens (including phenoxy) is 1. The number of para-hydroxylation sites is 1. The van der Waals surface area contributed by atoms with Crippen LogP contribution in [0, 0.1) is 12.3 Å². The molecule has 0 bridgehead atoms. The molecule has 0 saturated carbocycles. The number of carboxylic acids is 1. The number of hydrogen-bond acceptors (Lipinski definition) is 6. The van der Waals surface area contributed by atoms with Crippen molar-refractivity contribution in [3.8, 4) is 22.8 Å². The minimum atomic E-state index is -1.69. The molecule has 8 nitrogen and oxygen atoms in total. The van der Waals surface area contributed by atoms with Crippen molar-refractivity contribution in [1.29, 1.82) is 0 Å². The average Bonchev–Trinajstić information content (AvgIpc) is 3.27. The molecule has 0 amide bonds. The number of fused-ring (bicyclic) bond motifs is 1. The Morgan fingerprint density at radius 2 is 1.72 bits per heavy atom. The van der Waals surface area contributed by atoms with Gasteiger partial charge in [0.05, 0.1) is 11.3 Å². The molecule has 0 aliphatic carbocycles. The van der Waals surface area contributed by atoms with Crippen LogP contribution < -0.4 is 9.64 Å². The molecule has 1 unspecified atom stereocenters. The highest BCUT2D eigenvalue weighted by Crippen LogP contribution is 2.37. The van der Waals surface area contributed by atoms with Crippen molar-refractivity contribution in [3.63, 3.8) is 0 Å². The lowest BCUT2D eigenvalue weighted by molar-refractivity contribution is -0.147. The maximum absolute atomic E-state index is 11.8. The molecule has 2 aromatic carbocycles. The lowest BCUT2D eigenvalue weighted by Crippen LogP contribution is -2.39. The highest BCUT2D eigenvalue weighted by molar-refractivity contribution is 5.78. The Balaban J connectivity index is 1.60. The first-order chi connectivity index (χ1) is 17.2. The normalized spacial score (nSPS) is 16.2. The van der Waals surface area contributed by atoms with E-state index in [4.69, 9.17) is 9.84 Å². The van der Waals surface area contributed by atoms with E-state index in [0.717, 1.165) is 37.2 Å². The average molecular weight is 487 g/mol. The highest BCUT2D eigenvalue weighted by Gasteiger charge is 2.33. The van der Waals surface area contributed by atoms with Crippen LogP contribution in [0.3, 0.4) is 0 Å². The molecule has 3 heterocycles. The van der Waals surface area contributed by atoms with Gasteiger partial charge in [0.1, 0.15) is 17.3 Å². The molecule has 1 aliphatic heterocycles. The molecule has 1 saturated heterocycles. The second-order valence-corrected chi connectivity index (χ2v) is 10.1. The van der Waals surface area contributed by atoms with Crippen LogP contribution in [0.5, 0.6) is 11.5 Å². The quantitative estimate of drug-likeness (QED) is 0.384. The SMILES string of the molecule is Cc1nc2cc(-c3cccc(Oc4ccccc4)c3)nn2c(N2CCC(C)(C)CC2)c1C(O)C(=O)O. The van der Waals surface area contributed by atoms with E-state index in [2.05, 4.69) is 23.7 Å². The van der Waals surface area contributed by atoms with Crippen LogP contribution in [0.1, 0.15) is 44.1 Å². The third kappa shape index (κ3) is 4.64. The van der Waals surface area contributed by atoms with Gasteiger partial charge in [0.25, 0.3) is 0 Å². The van der Waals surface area contributed by atoms with Gasteiger partial charge in [-0.15, -0.1) is 0 Å². The van der Waals surface area contributed by atoms with Crippen LogP contribution >= 0.6 is 0 Å². The number of aliphatic hydroxyl groups is 1. The van der Waals surface area contributed by atoms with Gasteiger partial charge < -0.3 is 19.8 Å². The summed E-state index contributed by atoms with van der Waals surface area (Å²) in [5.74, 6) is 0.701. The molecule has 36 heavy (non-hydrogen) atoms. The summed E-state index contributed by atoms with van der Waals surface area (Å²) in [7, 11) is 0. The number of nitrogens with zero attached hydrogens (tertiary/aromatic N) is 4. The number of piperidine rings is 1. The molecule has 0 spiro atoms. The molecule has 2 aromatic heterocycles. The second-order valence-electron chi connectivity index (χ2n) is 10.1. The van der Waals surface area contributed by atoms with Crippen molar-refractivity contribution in [3.05, 3.63) is 71.9 Å². The molecule has 8 heteroatoms. The van der Waals surface area contributed by atoms with Gasteiger partial charge in [0, 0.05) is 30.4 Å². The van der Waals surface area contributed by atoms with Crippen LogP contribution in [0.25, 0.3) is 16.9 Å². The first-order valence-electron chi connectivity index (χ1n) is 12.1. The molecule has 1 atom stereocenters. The van der Waals surface area contributed by atoms with E-state index in [1.54, 1.807) is 11.4 Å². The number of rotatable bonds is 6. The fourth-order valence-electron chi connectivity index (χ4n) is 4.67. The number of carboxylic acid groups (broad SMARTS) is 1. The van der Waals surface area contributed by atoms with Crippen LogP contribution in [0.4, 0.5) is 5.82 Å². The zero-order chi connectivity index (χ0) is 25.4. The number of anilines is 1. The standard InChI is InChI=1S/C28H30N4O4/c1-18-24(25(33)27(34)35)26(31-14-12-28(2,3)13-15-31)32-23(29-18)17-22(30-32)19-8-7-11-21(16-19)36-20-9-5-4-6-10-20/h4-11,16-17,25,33H,12-15H2,1-3H3,(H,34,35). The molecular weight excluding hydrogens is 456 g/mol. The first kappa shape index (κ1) is 23.8. The number of aliphatic carboxylic acids is 1. The van der Waals surface area contributed by atoms with Gasteiger partial charge in [-0.1, -0.05) is 44.2 Å². The number of aliphatic hydroxyl groups excluding tert-OH is 1. The third-order valence-electron chi connectivity index (χ3n) is 6.84. The Bertz CT molecular complexity index is 1400. The van der Waals surface area contributed by atoms with E-state index in [-0.39, 0.29) is 11.0 Å². The topological polar surface area (TPSA) is 100 Å². The first-order valence-corrected chi connectivity index (χ1v) is 12.1. The van der Waals surface area contributed by atoms with Crippen LogP contribution in [-0.4, -0.2) is 43.9 Å². The van der Waals surface area contributed by atoms with Gasteiger partial charge >= 0.3 is 5.97 Å². The van der Waals surface area contributed by atoms with Crippen LogP contribution in [0.2, 0.25) is 0 Å². The van der Waals surface area contributed by atoms with Gasteiger partial charge in [0.2, 0.25) is 0 Å². The molecule has 2 N–H and O–H groups in total. The summed E-state index contributed by atoms with van der Waals surface area (Å²) < 4.78 is 7.67. The van der Waals surface area contributed by atoms with Gasteiger partial charge in [0.15, 0.2) is 11.8 Å². The Labute approximate surface area is 209 Å². The van der Waals surface area contributed by atoms with E-state index in [1.807, 2.05) is 60.7 Å². The zero-order valence-corrected chi connectivity index (χ0v) is 20.7. The molecule has 1 aliphatic rings. The van der Waals surface area contributed by atoms with Gasteiger partial charge in [-0.25, -0.2) is 9.78 Å². The fourth-order valence-corrected chi connectivity index (χ4v) is 4.67. The molecule has 0 radical (unpaired) electrons. The van der Waals surface area contributed by atoms with E-state index in [0.29, 0.717) is 28.6 Å². The summed E-state index contributed by atoms with van der Waals surface area (Å²) in [6.45, 7) is 7.68. The highest BCUT2D eigenvalue weighted by atomic mass is 16.5. The Kier molecular flexibility index (Phi) is 6.14. The number of carbonyl (C=O) groups is 1. The maximum atomic E-state index is 11.8. The smallest absolute Gasteiger partial charge is 0.337 e. The molecule has 186 valence electrons. The number of benzene rings is 2. The summed E-state index contributed by atoms with van der Waals surface area (Å²) in [6, 6.07) is 19.1. The van der Waals surface area contributed by atoms with E-state index < -0.39 is 12.1 Å². The Hall–Kier alpha value is -3.91. The molecule has 1 fully saturated rings. The lowest BCUT2D eigenvalue weighted by atomic mass is 9.82. The summed E-state index contributed by atoms with van der Waals surface area (Å²) >= 11 is 0. The third-order valence-corrected chi connectivity index (χ3v) is 6.84. The van der Waals surface area contributed by atoms with Crippen molar-refractivity contribution >= 4 is 17.4 Å². The van der Waals surface area contributed by atoms with E-state index in [1.165, 1.54) is 0 Å². The van der Waals surface area contributed by atoms with Crippen LogP contribution in [-0.2, 0) is 4.79 Å².